The van der Waals surface area contributed by atoms with Crippen LogP contribution in [0, 0.1) is 13.8 Å². The van der Waals surface area contributed by atoms with Crippen LogP contribution in [0.15, 0.2) is 71.9 Å². The molecular weight excluding hydrogens is 448 g/mol. The van der Waals surface area contributed by atoms with Crippen molar-refractivity contribution in [2.75, 3.05) is 24.7 Å². The third kappa shape index (κ3) is 5.23. The maximum absolute atomic E-state index is 12.5. The molecule has 8 heteroatoms. The number of imidazole rings is 1. The van der Waals surface area contributed by atoms with Crippen LogP contribution in [0.3, 0.4) is 0 Å². The molecule has 0 spiro atoms. The first kappa shape index (κ1) is 23.4. The Kier molecular flexibility index (Phi) is 7.18. The number of fused-ring (bicyclic) bond motifs is 1. The van der Waals surface area contributed by atoms with Gasteiger partial charge in [-0.05, 0) is 61.4 Å². The average Bonchev–Trinajstić information content (AvgIpc) is 3.22. The summed E-state index contributed by atoms with van der Waals surface area (Å²) >= 11 is 1.32. The normalized spacial score (nSPS) is 10.8. The molecule has 0 bridgehead atoms. The highest BCUT2D eigenvalue weighted by atomic mass is 32.2. The first-order valence-electron chi connectivity index (χ1n) is 10.8. The zero-order chi connectivity index (χ0) is 24.1. The van der Waals surface area contributed by atoms with Crippen molar-refractivity contribution in [3.05, 3.63) is 77.9 Å². The van der Waals surface area contributed by atoms with Gasteiger partial charge < -0.3 is 15.4 Å². The molecule has 0 aliphatic heterocycles. The summed E-state index contributed by atoms with van der Waals surface area (Å²) in [5.41, 5.74) is 5.45. The second-order valence-electron chi connectivity index (χ2n) is 7.80. The number of hydrogen-bond acceptors (Lipinski definition) is 5. The minimum absolute atomic E-state index is 0.0952. The number of thioether (sulfide) groups is 1. The predicted molar refractivity (Wildman–Crippen MR) is 136 cm³/mol. The number of aryl methyl sites for hydroxylation is 2. The van der Waals surface area contributed by atoms with Crippen molar-refractivity contribution in [2.24, 2.45) is 0 Å². The molecule has 0 aliphatic rings. The molecule has 34 heavy (non-hydrogen) atoms. The Morgan fingerprint density at radius 1 is 0.941 bits per heavy atom. The molecule has 174 valence electrons. The molecule has 4 rings (SSSR count). The summed E-state index contributed by atoms with van der Waals surface area (Å²) < 4.78 is 7.28. The molecule has 0 fully saturated rings. The van der Waals surface area contributed by atoms with Crippen molar-refractivity contribution < 1.29 is 14.3 Å². The molecule has 0 saturated heterocycles. The van der Waals surface area contributed by atoms with E-state index in [1.165, 1.54) is 11.8 Å². The number of ether oxygens (including phenoxy) is 1. The molecule has 0 saturated carbocycles. The van der Waals surface area contributed by atoms with Crippen LogP contribution < -0.4 is 15.4 Å². The van der Waals surface area contributed by atoms with E-state index in [-0.39, 0.29) is 24.1 Å². The van der Waals surface area contributed by atoms with Crippen LogP contribution in [0.4, 0.5) is 5.69 Å². The third-order valence-corrected chi connectivity index (χ3v) is 6.32. The monoisotopic (exact) mass is 474 g/mol. The highest BCUT2D eigenvalue weighted by Gasteiger charge is 2.15. The number of nitrogens with zero attached hydrogens (tertiary/aromatic N) is 2. The molecule has 2 N–H and O–H groups in total. The molecule has 0 unspecified atom stereocenters. The lowest BCUT2D eigenvalue weighted by Gasteiger charge is -2.12. The number of anilines is 1. The van der Waals surface area contributed by atoms with Gasteiger partial charge in [0.15, 0.2) is 5.16 Å². The Balaban J connectivity index is 1.42. The van der Waals surface area contributed by atoms with E-state index in [0.29, 0.717) is 5.16 Å². The Labute approximate surface area is 202 Å². The van der Waals surface area contributed by atoms with Crippen LogP contribution >= 0.6 is 11.8 Å². The summed E-state index contributed by atoms with van der Waals surface area (Å²) in [5.74, 6) is 0.396. The van der Waals surface area contributed by atoms with E-state index in [1.54, 1.807) is 7.11 Å². The van der Waals surface area contributed by atoms with Gasteiger partial charge in [-0.3, -0.25) is 14.2 Å². The van der Waals surface area contributed by atoms with Crippen LogP contribution in [0.1, 0.15) is 11.1 Å². The summed E-state index contributed by atoms with van der Waals surface area (Å²) in [6.45, 7) is 3.78. The fraction of sp³-hybridized carbons (Fsp3) is 0.192. The molecule has 4 aromatic rings. The average molecular weight is 475 g/mol. The van der Waals surface area contributed by atoms with Gasteiger partial charge in [0.1, 0.15) is 5.75 Å². The number of nitrogens with one attached hydrogen (secondary N) is 2. The van der Waals surface area contributed by atoms with Gasteiger partial charge >= 0.3 is 0 Å². The largest absolute Gasteiger partial charge is 0.497 e. The topological polar surface area (TPSA) is 85.2 Å². The molecule has 1 heterocycles. The highest BCUT2D eigenvalue weighted by molar-refractivity contribution is 7.99. The molecule has 0 radical (unpaired) electrons. The number of methoxy groups -OCH3 is 1. The summed E-state index contributed by atoms with van der Waals surface area (Å²) in [5, 5.41) is 6.27. The van der Waals surface area contributed by atoms with Gasteiger partial charge in [0, 0.05) is 11.4 Å². The van der Waals surface area contributed by atoms with E-state index < -0.39 is 0 Å². The van der Waals surface area contributed by atoms with Gasteiger partial charge in [0.25, 0.3) is 0 Å². The number of carbonyl (C=O) groups excluding carboxylic acids is 2. The lowest BCUT2D eigenvalue weighted by molar-refractivity contribution is -0.122. The van der Waals surface area contributed by atoms with Crippen LogP contribution in [-0.2, 0) is 9.59 Å². The first-order chi connectivity index (χ1) is 16.5. The van der Waals surface area contributed by atoms with Crippen molar-refractivity contribution in [3.8, 4) is 11.4 Å². The quantitative estimate of drug-likeness (QED) is 0.367. The SMILES string of the molecule is COc1ccc(-n2c(SCC(=O)NCC(=O)Nc3c(C)cccc3C)nc3ccccc32)cc1. The Morgan fingerprint density at radius 2 is 1.65 bits per heavy atom. The summed E-state index contributed by atoms with van der Waals surface area (Å²) in [6, 6.07) is 21.3. The third-order valence-electron chi connectivity index (χ3n) is 5.38. The smallest absolute Gasteiger partial charge is 0.243 e. The number of para-hydroxylation sites is 3. The van der Waals surface area contributed by atoms with Crippen molar-refractivity contribution in [1.82, 2.24) is 14.9 Å². The molecule has 3 aromatic carbocycles. The van der Waals surface area contributed by atoms with Crippen LogP contribution in [0.2, 0.25) is 0 Å². The van der Waals surface area contributed by atoms with E-state index in [9.17, 15) is 9.59 Å². The zero-order valence-corrected chi connectivity index (χ0v) is 20.1. The summed E-state index contributed by atoms with van der Waals surface area (Å²) in [7, 11) is 1.63. The van der Waals surface area contributed by atoms with Crippen molar-refractivity contribution in [3.63, 3.8) is 0 Å². The van der Waals surface area contributed by atoms with E-state index in [4.69, 9.17) is 9.72 Å². The fourth-order valence-electron chi connectivity index (χ4n) is 3.64. The van der Waals surface area contributed by atoms with Gasteiger partial charge in [-0.2, -0.15) is 0 Å². The minimum atomic E-state index is -0.263. The molecule has 2 amide bonds. The standard InChI is InChI=1S/C26H26N4O3S/c1-17-7-6-8-18(2)25(17)29-23(31)15-27-24(32)16-34-26-28-21-9-4-5-10-22(21)30(26)19-11-13-20(33-3)14-12-19/h4-14H,15-16H2,1-3H3,(H,27,32)(H,29,31). The van der Waals surface area contributed by atoms with Gasteiger partial charge in [-0.15, -0.1) is 0 Å². The van der Waals surface area contributed by atoms with E-state index in [0.717, 1.165) is 39.3 Å². The predicted octanol–water partition coefficient (Wildman–Crippen LogP) is 4.50. The number of aromatic nitrogens is 2. The molecule has 7 nitrogen and oxygen atoms in total. The van der Waals surface area contributed by atoms with E-state index >= 15 is 0 Å². The zero-order valence-electron chi connectivity index (χ0n) is 19.3. The second-order valence-corrected chi connectivity index (χ2v) is 8.74. The van der Waals surface area contributed by atoms with Crippen molar-refractivity contribution >= 4 is 40.3 Å². The maximum Gasteiger partial charge on any atom is 0.243 e. The maximum atomic E-state index is 12.5. The molecule has 0 aliphatic carbocycles. The number of carbonyl (C=O) groups is 2. The van der Waals surface area contributed by atoms with Crippen molar-refractivity contribution in [1.29, 1.82) is 0 Å². The Morgan fingerprint density at radius 3 is 2.35 bits per heavy atom. The summed E-state index contributed by atoms with van der Waals surface area (Å²) in [6.07, 6.45) is 0. The molecule has 0 atom stereocenters. The highest BCUT2D eigenvalue weighted by Crippen LogP contribution is 2.28. The van der Waals surface area contributed by atoms with Gasteiger partial charge in [0.05, 0.1) is 30.4 Å². The van der Waals surface area contributed by atoms with Crippen LogP contribution in [-0.4, -0.2) is 40.8 Å². The van der Waals surface area contributed by atoms with E-state index in [2.05, 4.69) is 10.6 Å². The number of benzene rings is 3. The lowest BCUT2D eigenvalue weighted by Crippen LogP contribution is -2.34. The van der Waals surface area contributed by atoms with Gasteiger partial charge in [0.2, 0.25) is 11.8 Å². The Bertz CT molecular complexity index is 1310. The first-order valence-corrected chi connectivity index (χ1v) is 11.8. The van der Waals surface area contributed by atoms with Crippen LogP contribution in [0.5, 0.6) is 5.75 Å². The fourth-order valence-corrected chi connectivity index (χ4v) is 4.49. The number of rotatable bonds is 8. The number of hydrogen-bond donors (Lipinski definition) is 2. The van der Waals surface area contributed by atoms with Gasteiger partial charge in [-0.1, -0.05) is 42.1 Å². The Hall–Kier alpha value is -3.78. The minimum Gasteiger partial charge on any atom is -0.497 e. The van der Waals surface area contributed by atoms with E-state index in [1.807, 2.05) is 85.1 Å². The van der Waals surface area contributed by atoms with Crippen LogP contribution in [0.25, 0.3) is 16.7 Å². The second kappa shape index (κ2) is 10.4. The molecular formula is C26H26N4O3S. The molecule has 1 aromatic heterocycles. The van der Waals surface area contributed by atoms with Crippen molar-refractivity contribution in [2.45, 2.75) is 19.0 Å². The number of amides is 2. The lowest BCUT2D eigenvalue weighted by atomic mass is 10.1. The van der Waals surface area contributed by atoms with Gasteiger partial charge in [-0.25, -0.2) is 4.98 Å². The summed E-state index contributed by atoms with van der Waals surface area (Å²) in [4.78, 5) is 29.5.